The van der Waals surface area contributed by atoms with Crippen LogP contribution in [-0.4, -0.2) is 29.0 Å². The van der Waals surface area contributed by atoms with Gasteiger partial charge in [-0.3, -0.25) is 0 Å². The van der Waals surface area contributed by atoms with Crippen LogP contribution in [0.3, 0.4) is 0 Å². The summed E-state index contributed by atoms with van der Waals surface area (Å²) in [5.41, 5.74) is 6.90. The molecule has 0 aliphatic rings. The minimum Gasteiger partial charge on any atom is -0.424 e. The van der Waals surface area contributed by atoms with Crippen LogP contribution in [0.4, 0.5) is 11.9 Å². The molecule has 0 saturated carbocycles. The Hall–Kier alpha value is -2.37. The number of nitrogen functional groups attached to an aromatic ring is 1. The fourth-order valence-electron chi connectivity index (χ4n) is 1.63. The van der Waals surface area contributed by atoms with E-state index in [-0.39, 0.29) is 12.0 Å². The van der Waals surface area contributed by atoms with Crippen molar-refractivity contribution < 1.29 is 4.74 Å². The third-order valence-electron chi connectivity index (χ3n) is 2.78. The van der Waals surface area contributed by atoms with Crippen LogP contribution in [0.25, 0.3) is 0 Å². The molecule has 0 aliphatic carbocycles. The fraction of sp³-hybridized carbons (Fsp3) is 0.357. The van der Waals surface area contributed by atoms with E-state index < -0.39 is 0 Å². The van der Waals surface area contributed by atoms with Gasteiger partial charge in [-0.15, -0.1) is 0 Å². The van der Waals surface area contributed by atoms with Gasteiger partial charge in [-0.1, -0.05) is 26.0 Å². The number of hydrogen-bond acceptors (Lipinski definition) is 6. The Labute approximate surface area is 118 Å². The number of nitrogens with two attached hydrogens (primary N) is 1. The maximum absolute atomic E-state index is 5.65. The molecule has 0 saturated heterocycles. The van der Waals surface area contributed by atoms with Crippen molar-refractivity contribution in [3.05, 3.63) is 29.8 Å². The minimum atomic E-state index is 0.137. The Morgan fingerprint density at radius 1 is 1.05 bits per heavy atom. The Morgan fingerprint density at radius 3 is 2.25 bits per heavy atom. The molecule has 0 atom stereocenters. The second kappa shape index (κ2) is 5.73. The van der Waals surface area contributed by atoms with Gasteiger partial charge < -0.3 is 15.4 Å². The number of hydrogen-bond donors (Lipinski definition) is 1. The highest BCUT2D eigenvalue weighted by Crippen LogP contribution is 2.22. The predicted molar refractivity (Wildman–Crippen MR) is 79.2 cm³/mol. The molecule has 0 fully saturated rings. The molecule has 0 bridgehead atoms. The van der Waals surface area contributed by atoms with Crippen LogP contribution in [0, 0.1) is 0 Å². The first-order chi connectivity index (χ1) is 9.45. The van der Waals surface area contributed by atoms with Gasteiger partial charge in [-0.2, -0.15) is 15.0 Å². The minimum absolute atomic E-state index is 0.137. The van der Waals surface area contributed by atoms with Gasteiger partial charge in [0, 0.05) is 14.1 Å². The Balaban J connectivity index is 2.21. The highest BCUT2D eigenvalue weighted by molar-refractivity contribution is 5.36. The molecule has 0 amide bonds. The summed E-state index contributed by atoms with van der Waals surface area (Å²) in [6.45, 7) is 4.29. The van der Waals surface area contributed by atoms with E-state index in [0.717, 1.165) is 0 Å². The van der Waals surface area contributed by atoms with E-state index in [9.17, 15) is 0 Å². The van der Waals surface area contributed by atoms with Crippen LogP contribution in [0.5, 0.6) is 11.8 Å². The fourth-order valence-corrected chi connectivity index (χ4v) is 1.63. The maximum atomic E-state index is 5.65. The SMILES string of the molecule is CC(C)c1ccc(Oc2nc(N)nc(N(C)C)n2)cc1. The van der Waals surface area contributed by atoms with E-state index in [0.29, 0.717) is 17.6 Å². The Bertz CT molecular complexity index is 581. The van der Waals surface area contributed by atoms with Crippen molar-refractivity contribution in [2.45, 2.75) is 19.8 Å². The average Bonchev–Trinajstić information content (AvgIpc) is 2.38. The summed E-state index contributed by atoms with van der Waals surface area (Å²) in [6, 6.07) is 8.03. The number of aromatic nitrogens is 3. The number of rotatable bonds is 4. The van der Waals surface area contributed by atoms with Crippen LogP contribution in [0.2, 0.25) is 0 Å². The molecule has 1 heterocycles. The quantitative estimate of drug-likeness (QED) is 0.922. The smallest absolute Gasteiger partial charge is 0.328 e. The zero-order chi connectivity index (χ0) is 14.7. The lowest BCUT2D eigenvalue weighted by Crippen LogP contribution is -2.15. The molecule has 0 unspecified atom stereocenters. The summed E-state index contributed by atoms with van der Waals surface area (Å²) < 4.78 is 5.62. The number of benzene rings is 1. The van der Waals surface area contributed by atoms with Crippen molar-refractivity contribution in [2.24, 2.45) is 0 Å². The number of anilines is 2. The Morgan fingerprint density at radius 2 is 1.70 bits per heavy atom. The van der Waals surface area contributed by atoms with Crippen LogP contribution in [-0.2, 0) is 0 Å². The molecule has 1 aromatic heterocycles. The molecule has 6 heteroatoms. The highest BCUT2D eigenvalue weighted by atomic mass is 16.5. The van der Waals surface area contributed by atoms with E-state index in [1.165, 1.54) is 5.56 Å². The summed E-state index contributed by atoms with van der Waals surface area (Å²) in [4.78, 5) is 13.9. The second-order valence-corrected chi connectivity index (χ2v) is 5.00. The van der Waals surface area contributed by atoms with Crippen molar-refractivity contribution in [3.63, 3.8) is 0 Å². The monoisotopic (exact) mass is 273 g/mol. The second-order valence-electron chi connectivity index (χ2n) is 5.00. The van der Waals surface area contributed by atoms with Gasteiger partial charge in [-0.25, -0.2) is 0 Å². The molecule has 6 nitrogen and oxygen atoms in total. The lowest BCUT2D eigenvalue weighted by Gasteiger charge is -2.12. The highest BCUT2D eigenvalue weighted by Gasteiger charge is 2.08. The first kappa shape index (κ1) is 14.0. The topological polar surface area (TPSA) is 77.2 Å². The van der Waals surface area contributed by atoms with Crippen molar-refractivity contribution in [1.29, 1.82) is 0 Å². The van der Waals surface area contributed by atoms with E-state index in [4.69, 9.17) is 10.5 Å². The number of ether oxygens (including phenoxy) is 1. The lowest BCUT2D eigenvalue weighted by atomic mass is 10.0. The first-order valence-electron chi connectivity index (χ1n) is 6.42. The summed E-state index contributed by atoms with van der Waals surface area (Å²) in [5, 5.41) is 0. The van der Waals surface area contributed by atoms with Crippen molar-refractivity contribution in [1.82, 2.24) is 15.0 Å². The molecule has 2 rings (SSSR count). The molecule has 0 spiro atoms. The van der Waals surface area contributed by atoms with Crippen LogP contribution in [0.1, 0.15) is 25.3 Å². The zero-order valence-corrected chi connectivity index (χ0v) is 12.2. The van der Waals surface area contributed by atoms with Gasteiger partial charge in [0.25, 0.3) is 0 Å². The summed E-state index contributed by atoms with van der Waals surface area (Å²) in [7, 11) is 3.66. The van der Waals surface area contributed by atoms with Crippen molar-refractivity contribution in [3.8, 4) is 11.8 Å². The van der Waals surface area contributed by atoms with E-state index in [1.54, 1.807) is 4.90 Å². The van der Waals surface area contributed by atoms with E-state index >= 15 is 0 Å². The van der Waals surface area contributed by atoms with E-state index in [2.05, 4.69) is 28.8 Å². The molecule has 2 aromatic rings. The molecule has 0 aliphatic heterocycles. The van der Waals surface area contributed by atoms with Gasteiger partial charge in [0.15, 0.2) is 0 Å². The molecule has 20 heavy (non-hydrogen) atoms. The molecule has 0 radical (unpaired) electrons. The van der Waals surface area contributed by atoms with Gasteiger partial charge in [0.2, 0.25) is 11.9 Å². The lowest BCUT2D eigenvalue weighted by molar-refractivity contribution is 0.440. The van der Waals surface area contributed by atoms with Crippen LogP contribution in [0.15, 0.2) is 24.3 Å². The largest absolute Gasteiger partial charge is 0.424 e. The molecule has 1 aromatic carbocycles. The normalized spacial score (nSPS) is 10.7. The maximum Gasteiger partial charge on any atom is 0.328 e. The summed E-state index contributed by atoms with van der Waals surface area (Å²) in [6.07, 6.45) is 0. The molecular formula is C14H19N5O. The van der Waals surface area contributed by atoms with Gasteiger partial charge in [0.05, 0.1) is 0 Å². The summed E-state index contributed by atoms with van der Waals surface area (Å²) >= 11 is 0. The van der Waals surface area contributed by atoms with Crippen LogP contribution < -0.4 is 15.4 Å². The molecule has 106 valence electrons. The third kappa shape index (κ3) is 3.34. The molecule has 2 N–H and O–H groups in total. The zero-order valence-electron chi connectivity index (χ0n) is 12.2. The van der Waals surface area contributed by atoms with Gasteiger partial charge in [-0.05, 0) is 23.6 Å². The summed E-state index contributed by atoms with van der Waals surface area (Å²) in [5.74, 6) is 1.76. The number of nitrogens with zero attached hydrogens (tertiary/aromatic N) is 4. The van der Waals surface area contributed by atoms with Crippen LogP contribution >= 0.6 is 0 Å². The predicted octanol–water partition coefficient (Wildman–Crippen LogP) is 2.44. The average molecular weight is 273 g/mol. The van der Waals surface area contributed by atoms with Crippen molar-refractivity contribution in [2.75, 3.05) is 24.7 Å². The molecular weight excluding hydrogens is 254 g/mol. The standard InChI is InChI=1S/C14H19N5O/c1-9(2)10-5-7-11(8-6-10)20-14-17-12(15)16-13(18-14)19(3)4/h5-9H,1-4H3,(H2,15,16,17,18). The van der Waals surface area contributed by atoms with Crippen molar-refractivity contribution >= 4 is 11.9 Å². The third-order valence-corrected chi connectivity index (χ3v) is 2.78. The first-order valence-corrected chi connectivity index (χ1v) is 6.42. The van der Waals surface area contributed by atoms with Gasteiger partial charge in [0.1, 0.15) is 5.75 Å². The van der Waals surface area contributed by atoms with E-state index in [1.807, 2.05) is 38.4 Å². The Kier molecular flexibility index (Phi) is 4.02. The van der Waals surface area contributed by atoms with Gasteiger partial charge >= 0.3 is 6.01 Å².